The Bertz CT molecular complexity index is 643. The number of imide groups is 1. The van der Waals surface area contributed by atoms with Crippen molar-refractivity contribution in [3.05, 3.63) is 35.9 Å². The van der Waals surface area contributed by atoms with Gasteiger partial charge in [0.25, 0.3) is 0 Å². The zero-order valence-corrected chi connectivity index (χ0v) is 12.7. The summed E-state index contributed by atoms with van der Waals surface area (Å²) in [4.78, 5) is 38.3. The number of carbonyl (C=O) groups is 3. The molecule has 4 rings (SSSR count). The average Bonchev–Trinajstić information content (AvgIpc) is 3.21. The molecule has 1 aliphatic heterocycles. The minimum atomic E-state index is -1.11. The highest BCUT2D eigenvalue weighted by atomic mass is 16.4. The maximum absolute atomic E-state index is 12.8. The smallest absolute Gasteiger partial charge is 0.327 e. The molecule has 0 radical (unpaired) electrons. The fourth-order valence-electron chi connectivity index (χ4n) is 4.87. The predicted octanol–water partition coefficient (Wildman–Crippen LogP) is 1.71. The van der Waals surface area contributed by atoms with Gasteiger partial charge in [-0.3, -0.25) is 14.5 Å². The molecule has 3 fully saturated rings. The summed E-state index contributed by atoms with van der Waals surface area (Å²) < 4.78 is 0. The van der Waals surface area contributed by atoms with Gasteiger partial charge in [-0.1, -0.05) is 30.3 Å². The third-order valence-corrected chi connectivity index (χ3v) is 5.83. The van der Waals surface area contributed by atoms with E-state index < -0.39 is 12.0 Å². The highest BCUT2D eigenvalue weighted by molar-refractivity contribution is 6.08. The first-order valence-electron chi connectivity index (χ1n) is 8.21. The van der Waals surface area contributed by atoms with E-state index in [0.717, 1.165) is 29.7 Å². The van der Waals surface area contributed by atoms with Crippen LogP contribution in [0.5, 0.6) is 0 Å². The number of likely N-dealkylation sites (tertiary alicyclic amines) is 1. The lowest BCUT2D eigenvalue weighted by molar-refractivity contribution is -0.155. The van der Waals surface area contributed by atoms with Crippen LogP contribution in [-0.4, -0.2) is 33.8 Å². The van der Waals surface area contributed by atoms with Crippen molar-refractivity contribution in [2.75, 3.05) is 0 Å². The lowest BCUT2D eigenvalue weighted by Crippen LogP contribution is -2.47. The SMILES string of the molecule is O=C(O)[C@H](Cc1ccccc1)N1C(=O)[C@@H]2[C@H]3CC[C@@H](C3)[C@@H]2C1=O. The van der Waals surface area contributed by atoms with Gasteiger partial charge in [0.1, 0.15) is 6.04 Å². The van der Waals surface area contributed by atoms with Crippen molar-refractivity contribution in [3.8, 4) is 0 Å². The minimum absolute atomic E-state index is 0.169. The largest absolute Gasteiger partial charge is 0.480 e. The second-order valence-corrected chi connectivity index (χ2v) is 6.98. The predicted molar refractivity (Wildman–Crippen MR) is 81.2 cm³/mol. The van der Waals surface area contributed by atoms with Crippen LogP contribution in [0, 0.1) is 23.7 Å². The number of amides is 2. The van der Waals surface area contributed by atoms with E-state index in [1.807, 2.05) is 30.3 Å². The van der Waals surface area contributed by atoms with Crippen molar-refractivity contribution in [1.29, 1.82) is 0 Å². The summed E-state index contributed by atoms with van der Waals surface area (Å²) in [6, 6.07) is 8.07. The third kappa shape index (κ3) is 2.10. The van der Waals surface area contributed by atoms with E-state index >= 15 is 0 Å². The molecule has 2 bridgehead atoms. The van der Waals surface area contributed by atoms with E-state index in [1.54, 1.807) is 0 Å². The Labute approximate surface area is 134 Å². The van der Waals surface area contributed by atoms with Crippen LogP contribution in [0.15, 0.2) is 30.3 Å². The van der Waals surface area contributed by atoms with Crippen LogP contribution in [0.1, 0.15) is 24.8 Å². The number of benzene rings is 1. The van der Waals surface area contributed by atoms with E-state index in [0.29, 0.717) is 0 Å². The highest BCUT2D eigenvalue weighted by Gasteiger charge is 2.62. The average molecular weight is 313 g/mol. The Balaban J connectivity index is 1.63. The molecule has 1 aromatic rings. The summed E-state index contributed by atoms with van der Waals surface area (Å²) in [5, 5.41) is 9.60. The van der Waals surface area contributed by atoms with Gasteiger partial charge in [0, 0.05) is 6.42 Å². The number of carbonyl (C=O) groups excluding carboxylic acids is 2. The summed E-state index contributed by atoms with van der Waals surface area (Å²) in [5.74, 6) is -1.60. The number of fused-ring (bicyclic) bond motifs is 5. The van der Waals surface area contributed by atoms with E-state index in [4.69, 9.17) is 0 Å². The van der Waals surface area contributed by atoms with Crippen molar-refractivity contribution >= 4 is 17.8 Å². The molecule has 1 saturated heterocycles. The summed E-state index contributed by atoms with van der Waals surface area (Å²) in [7, 11) is 0. The van der Waals surface area contributed by atoms with Crippen LogP contribution in [0.2, 0.25) is 0 Å². The lowest BCUT2D eigenvalue weighted by atomic mass is 9.81. The molecule has 1 N–H and O–H groups in total. The molecule has 2 amide bonds. The van der Waals surface area contributed by atoms with Crippen LogP contribution in [0.3, 0.4) is 0 Å². The van der Waals surface area contributed by atoms with Gasteiger partial charge in [-0.15, -0.1) is 0 Å². The summed E-state index contributed by atoms with van der Waals surface area (Å²) >= 11 is 0. The second kappa shape index (κ2) is 5.18. The van der Waals surface area contributed by atoms with Gasteiger partial charge in [0.2, 0.25) is 11.8 Å². The number of hydrogen-bond donors (Lipinski definition) is 1. The molecule has 2 saturated carbocycles. The quantitative estimate of drug-likeness (QED) is 0.859. The van der Waals surface area contributed by atoms with Gasteiger partial charge < -0.3 is 5.11 Å². The Kier molecular flexibility index (Phi) is 3.25. The van der Waals surface area contributed by atoms with Crippen molar-refractivity contribution in [3.63, 3.8) is 0 Å². The molecule has 5 nitrogen and oxygen atoms in total. The van der Waals surface area contributed by atoms with Gasteiger partial charge >= 0.3 is 5.97 Å². The molecule has 0 unspecified atom stereocenters. The van der Waals surface area contributed by atoms with Gasteiger partial charge in [-0.25, -0.2) is 4.79 Å². The highest BCUT2D eigenvalue weighted by Crippen LogP contribution is 2.56. The fraction of sp³-hybridized carbons (Fsp3) is 0.500. The number of aliphatic carboxylic acids is 1. The molecule has 5 heteroatoms. The van der Waals surface area contributed by atoms with Gasteiger partial charge in [0.15, 0.2) is 0 Å². The van der Waals surface area contributed by atoms with Gasteiger partial charge in [-0.05, 0) is 36.7 Å². The Morgan fingerprint density at radius 2 is 1.65 bits per heavy atom. The summed E-state index contributed by atoms with van der Waals surface area (Å²) in [6.45, 7) is 0. The van der Waals surface area contributed by atoms with Crippen molar-refractivity contribution in [1.82, 2.24) is 4.90 Å². The minimum Gasteiger partial charge on any atom is -0.480 e. The first-order valence-corrected chi connectivity index (χ1v) is 8.21. The third-order valence-electron chi connectivity index (χ3n) is 5.83. The van der Waals surface area contributed by atoms with Gasteiger partial charge in [0.05, 0.1) is 11.8 Å². The second-order valence-electron chi connectivity index (χ2n) is 6.98. The Morgan fingerprint density at radius 3 is 2.17 bits per heavy atom. The normalized spacial score (nSPS) is 33.1. The maximum atomic E-state index is 12.8. The molecule has 23 heavy (non-hydrogen) atoms. The van der Waals surface area contributed by atoms with Crippen molar-refractivity contribution in [2.45, 2.75) is 31.7 Å². The molecular weight excluding hydrogens is 294 g/mol. The first-order chi connectivity index (χ1) is 11.1. The molecule has 3 aliphatic rings. The lowest BCUT2D eigenvalue weighted by Gasteiger charge is -2.24. The summed E-state index contributed by atoms with van der Waals surface area (Å²) in [6.07, 6.45) is 3.11. The molecule has 120 valence electrons. The molecule has 2 aliphatic carbocycles. The van der Waals surface area contributed by atoms with Crippen LogP contribution in [0.4, 0.5) is 0 Å². The first kappa shape index (κ1) is 14.4. The summed E-state index contributed by atoms with van der Waals surface area (Å²) in [5.41, 5.74) is 0.820. The zero-order valence-electron chi connectivity index (χ0n) is 12.7. The van der Waals surface area contributed by atoms with E-state index in [1.165, 1.54) is 0 Å². The number of carboxylic acid groups (broad SMARTS) is 1. The number of hydrogen-bond acceptors (Lipinski definition) is 3. The Hall–Kier alpha value is -2.17. The van der Waals surface area contributed by atoms with Crippen LogP contribution in [0.25, 0.3) is 0 Å². The fourth-order valence-corrected chi connectivity index (χ4v) is 4.87. The van der Waals surface area contributed by atoms with Crippen molar-refractivity contribution < 1.29 is 19.5 Å². The standard InChI is InChI=1S/C18H19NO4/c20-16-14-11-6-7-12(9-11)15(14)17(21)19(16)13(18(22)23)8-10-4-2-1-3-5-10/h1-5,11-15H,6-9H2,(H,22,23)/t11-,12-,13-,14-,15+/m0/s1. The van der Waals surface area contributed by atoms with Crippen LogP contribution >= 0.6 is 0 Å². The molecule has 0 aromatic heterocycles. The number of rotatable bonds is 4. The van der Waals surface area contributed by atoms with Crippen LogP contribution < -0.4 is 0 Å². The number of carboxylic acids is 1. The number of nitrogens with zero attached hydrogens (tertiary/aromatic N) is 1. The molecular formula is C18H19NO4. The topological polar surface area (TPSA) is 74.7 Å². The van der Waals surface area contributed by atoms with E-state index in [9.17, 15) is 19.5 Å². The van der Waals surface area contributed by atoms with Crippen LogP contribution in [-0.2, 0) is 20.8 Å². The molecule has 5 atom stereocenters. The van der Waals surface area contributed by atoms with E-state index in [2.05, 4.69) is 0 Å². The molecule has 1 aromatic carbocycles. The maximum Gasteiger partial charge on any atom is 0.327 e. The monoisotopic (exact) mass is 313 g/mol. The van der Waals surface area contributed by atoms with Crippen molar-refractivity contribution in [2.24, 2.45) is 23.7 Å². The van der Waals surface area contributed by atoms with E-state index in [-0.39, 0.29) is 41.9 Å². The van der Waals surface area contributed by atoms with Gasteiger partial charge in [-0.2, -0.15) is 0 Å². The molecule has 0 spiro atoms. The molecule has 1 heterocycles. The Morgan fingerprint density at radius 1 is 1.09 bits per heavy atom. The zero-order chi connectivity index (χ0) is 16.1.